The van der Waals surface area contributed by atoms with Crippen LogP contribution < -0.4 is 20.9 Å². The number of carbonyl (C=O) groups is 2. The van der Waals surface area contributed by atoms with E-state index in [0.29, 0.717) is 39.3 Å². The predicted molar refractivity (Wildman–Crippen MR) is 124 cm³/mol. The summed E-state index contributed by atoms with van der Waals surface area (Å²) in [5.74, 6) is 0.180. The first-order valence-corrected chi connectivity index (χ1v) is 10.3. The fraction of sp³-hybridized carbons (Fsp3) is 0.136. The van der Waals surface area contributed by atoms with Crippen LogP contribution in [-0.2, 0) is 6.42 Å². The fourth-order valence-corrected chi connectivity index (χ4v) is 3.95. The van der Waals surface area contributed by atoms with E-state index in [1.807, 2.05) is 11.0 Å². The molecule has 0 bridgehead atoms. The maximum absolute atomic E-state index is 12.8. The van der Waals surface area contributed by atoms with Gasteiger partial charge in [-0.15, -0.1) is 0 Å². The van der Waals surface area contributed by atoms with E-state index in [2.05, 4.69) is 10.3 Å². The normalized spacial score (nSPS) is 12.4. The lowest BCUT2D eigenvalue weighted by Gasteiger charge is -2.23. The molecule has 2 heterocycles. The SMILES string of the molecule is CN(C(=O)Nc1c(Cl)cccc1Cl)c1ccnc(N2CCc3ccc(C(N)=O)cc32)c1. The first kappa shape index (κ1) is 21.0. The maximum atomic E-state index is 12.8. The number of urea groups is 1. The molecule has 1 aliphatic rings. The zero-order valence-corrected chi connectivity index (χ0v) is 18.1. The Morgan fingerprint density at radius 2 is 1.87 bits per heavy atom. The molecule has 0 spiro atoms. The third-order valence-corrected chi connectivity index (χ3v) is 5.79. The molecule has 3 N–H and O–H groups in total. The van der Waals surface area contributed by atoms with Gasteiger partial charge in [-0.25, -0.2) is 9.78 Å². The molecule has 0 aliphatic carbocycles. The van der Waals surface area contributed by atoms with Gasteiger partial charge in [0.15, 0.2) is 0 Å². The first-order valence-electron chi connectivity index (χ1n) is 9.50. The van der Waals surface area contributed by atoms with Crippen LogP contribution in [0.5, 0.6) is 0 Å². The van der Waals surface area contributed by atoms with Crippen LogP contribution in [0.25, 0.3) is 0 Å². The van der Waals surface area contributed by atoms with Crippen molar-refractivity contribution in [2.75, 3.05) is 28.7 Å². The zero-order chi connectivity index (χ0) is 22.1. The van der Waals surface area contributed by atoms with Crippen LogP contribution in [0.3, 0.4) is 0 Å². The highest BCUT2D eigenvalue weighted by molar-refractivity contribution is 6.39. The predicted octanol–water partition coefficient (Wildman–Crippen LogP) is 4.85. The lowest BCUT2D eigenvalue weighted by atomic mass is 10.1. The Hall–Kier alpha value is -3.29. The summed E-state index contributed by atoms with van der Waals surface area (Å²) in [7, 11) is 1.64. The molecule has 7 nitrogen and oxygen atoms in total. The molecule has 0 fully saturated rings. The first-order chi connectivity index (χ1) is 14.8. The van der Waals surface area contributed by atoms with Gasteiger partial charge < -0.3 is 16.0 Å². The van der Waals surface area contributed by atoms with Crippen molar-refractivity contribution in [1.29, 1.82) is 0 Å². The van der Waals surface area contributed by atoms with Crippen molar-refractivity contribution in [3.05, 3.63) is 75.9 Å². The Labute approximate surface area is 189 Å². The van der Waals surface area contributed by atoms with E-state index in [1.165, 1.54) is 4.90 Å². The molecule has 0 unspecified atom stereocenters. The third-order valence-electron chi connectivity index (χ3n) is 5.16. The molecule has 2 aromatic carbocycles. The molecule has 0 atom stereocenters. The van der Waals surface area contributed by atoms with Gasteiger partial charge in [0.2, 0.25) is 5.91 Å². The van der Waals surface area contributed by atoms with Gasteiger partial charge in [0.25, 0.3) is 0 Å². The van der Waals surface area contributed by atoms with Crippen molar-refractivity contribution in [3.63, 3.8) is 0 Å². The van der Waals surface area contributed by atoms with Crippen molar-refractivity contribution in [2.45, 2.75) is 6.42 Å². The molecule has 1 aromatic heterocycles. The Kier molecular flexibility index (Phi) is 5.71. The van der Waals surface area contributed by atoms with Crippen LogP contribution in [0, 0.1) is 0 Å². The average Bonchev–Trinajstić information content (AvgIpc) is 3.19. The number of fused-ring (bicyclic) bond motifs is 1. The van der Waals surface area contributed by atoms with Crippen LogP contribution in [0.2, 0.25) is 10.0 Å². The van der Waals surface area contributed by atoms with Crippen LogP contribution in [-0.4, -0.2) is 30.5 Å². The molecule has 158 valence electrons. The van der Waals surface area contributed by atoms with Gasteiger partial charge in [-0.2, -0.15) is 0 Å². The molecule has 3 amide bonds. The van der Waals surface area contributed by atoms with Gasteiger partial charge in [0.1, 0.15) is 5.82 Å². The quantitative estimate of drug-likeness (QED) is 0.587. The van der Waals surface area contributed by atoms with Gasteiger partial charge in [-0.3, -0.25) is 9.69 Å². The van der Waals surface area contributed by atoms with Gasteiger partial charge in [0, 0.05) is 37.1 Å². The minimum absolute atomic E-state index is 0.351. The minimum Gasteiger partial charge on any atom is -0.366 e. The van der Waals surface area contributed by atoms with Gasteiger partial charge in [-0.1, -0.05) is 35.3 Å². The van der Waals surface area contributed by atoms with E-state index in [1.54, 1.807) is 55.7 Å². The fourth-order valence-electron chi connectivity index (χ4n) is 3.46. The number of nitrogens with zero attached hydrogens (tertiary/aromatic N) is 3. The molecular formula is C22H19Cl2N5O2. The molecule has 0 radical (unpaired) electrons. The molecule has 1 aliphatic heterocycles. The number of nitrogens with two attached hydrogens (primary N) is 1. The second-order valence-corrected chi connectivity index (χ2v) is 7.88. The van der Waals surface area contributed by atoms with Crippen LogP contribution in [0.15, 0.2) is 54.7 Å². The van der Waals surface area contributed by atoms with Crippen molar-refractivity contribution in [1.82, 2.24) is 4.98 Å². The van der Waals surface area contributed by atoms with Gasteiger partial charge >= 0.3 is 6.03 Å². The number of hydrogen-bond donors (Lipinski definition) is 2. The molecular weight excluding hydrogens is 437 g/mol. The summed E-state index contributed by atoms with van der Waals surface area (Å²) in [4.78, 5) is 32.3. The number of primary amides is 1. The van der Waals surface area contributed by atoms with E-state index in [-0.39, 0.29) is 0 Å². The molecule has 4 rings (SSSR count). The highest BCUT2D eigenvalue weighted by atomic mass is 35.5. The summed E-state index contributed by atoms with van der Waals surface area (Å²) in [6, 6.07) is 13.6. The Balaban J connectivity index is 1.59. The van der Waals surface area contributed by atoms with Gasteiger partial charge in [-0.05, 0) is 42.3 Å². The number of carbonyl (C=O) groups excluding carboxylic acids is 2. The number of pyridine rings is 1. The van der Waals surface area contributed by atoms with Crippen molar-refractivity contribution < 1.29 is 9.59 Å². The molecule has 0 saturated heterocycles. The smallest absolute Gasteiger partial charge is 0.326 e. The molecule has 9 heteroatoms. The summed E-state index contributed by atoms with van der Waals surface area (Å²) in [6.45, 7) is 0.707. The molecule has 3 aromatic rings. The number of amides is 3. The molecule has 31 heavy (non-hydrogen) atoms. The van der Waals surface area contributed by atoms with E-state index in [0.717, 1.165) is 17.7 Å². The van der Waals surface area contributed by atoms with Crippen LogP contribution >= 0.6 is 23.2 Å². The highest BCUT2D eigenvalue weighted by Crippen LogP contribution is 2.35. The summed E-state index contributed by atoms with van der Waals surface area (Å²) in [5, 5.41) is 3.44. The lowest BCUT2D eigenvalue weighted by molar-refractivity contribution is 0.100. The number of halogens is 2. The van der Waals surface area contributed by atoms with Crippen molar-refractivity contribution in [2.24, 2.45) is 5.73 Å². The molecule has 0 saturated carbocycles. The van der Waals surface area contributed by atoms with Crippen molar-refractivity contribution in [3.8, 4) is 0 Å². The number of rotatable bonds is 4. The summed E-state index contributed by atoms with van der Waals surface area (Å²) >= 11 is 12.3. The number of para-hydroxylation sites is 1. The van der Waals surface area contributed by atoms with E-state index in [9.17, 15) is 9.59 Å². The van der Waals surface area contributed by atoms with Crippen LogP contribution in [0.4, 0.5) is 27.7 Å². The lowest BCUT2D eigenvalue weighted by Crippen LogP contribution is -2.31. The topological polar surface area (TPSA) is 91.6 Å². The standard InChI is InChI=1S/C22H19Cl2N5O2/c1-28(22(31)27-20-16(23)3-2-4-17(20)24)15-7-9-26-19(12-15)29-10-8-13-5-6-14(21(25)30)11-18(13)29/h2-7,9,11-12H,8,10H2,1H3,(H2,25,30)(H,27,31). The number of hydrogen-bond acceptors (Lipinski definition) is 4. The van der Waals surface area contributed by atoms with Gasteiger partial charge in [0.05, 0.1) is 21.4 Å². The Morgan fingerprint density at radius 3 is 2.58 bits per heavy atom. The number of benzene rings is 2. The monoisotopic (exact) mass is 455 g/mol. The number of aromatic nitrogens is 1. The average molecular weight is 456 g/mol. The highest BCUT2D eigenvalue weighted by Gasteiger charge is 2.23. The Morgan fingerprint density at radius 1 is 1.13 bits per heavy atom. The van der Waals surface area contributed by atoms with Crippen LogP contribution in [0.1, 0.15) is 15.9 Å². The van der Waals surface area contributed by atoms with E-state index in [4.69, 9.17) is 28.9 Å². The second kappa shape index (κ2) is 8.45. The number of nitrogens with one attached hydrogen (secondary N) is 1. The summed E-state index contributed by atoms with van der Waals surface area (Å²) in [5.41, 5.74) is 8.84. The second-order valence-electron chi connectivity index (χ2n) is 7.07. The number of anilines is 4. The largest absolute Gasteiger partial charge is 0.366 e. The summed E-state index contributed by atoms with van der Waals surface area (Å²) in [6.07, 6.45) is 2.45. The zero-order valence-electron chi connectivity index (χ0n) is 16.6. The van der Waals surface area contributed by atoms with E-state index >= 15 is 0 Å². The maximum Gasteiger partial charge on any atom is 0.326 e. The summed E-state index contributed by atoms with van der Waals surface area (Å²) < 4.78 is 0. The van der Waals surface area contributed by atoms with E-state index < -0.39 is 11.9 Å². The minimum atomic E-state index is -0.481. The third kappa shape index (κ3) is 4.15. The Bertz CT molecular complexity index is 1160. The van der Waals surface area contributed by atoms with Crippen molar-refractivity contribution >= 4 is 58.0 Å².